The maximum atomic E-state index is 12.7. The van der Waals surface area contributed by atoms with Crippen molar-refractivity contribution in [2.45, 2.75) is 72.9 Å². The number of hydrogen-bond donors (Lipinski definition) is 4. The van der Waals surface area contributed by atoms with Crippen LogP contribution in [-0.4, -0.2) is 33.3 Å². The highest BCUT2D eigenvalue weighted by molar-refractivity contribution is 5.86. The number of benzene rings is 8. The van der Waals surface area contributed by atoms with Gasteiger partial charge in [-0.3, -0.25) is 0 Å². The third-order valence-corrected chi connectivity index (χ3v) is 11.5. The Bertz CT molecular complexity index is 2680. The number of rotatable bonds is 21. The van der Waals surface area contributed by atoms with E-state index in [-0.39, 0.29) is 55.4 Å². The van der Waals surface area contributed by atoms with Crippen LogP contribution >= 0.6 is 49.6 Å². The van der Waals surface area contributed by atoms with Crippen molar-refractivity contribution >= 4 is 49.6 Å². The van der Waals surface area contributed by atoms with Crippen molar-refractivity contribution in [1.82, 2.24) is 0 Å². The van der Waals surface area contributed by atoms with E-state index < -0.39 is 0 Å². The van der Waals surface area contributed by atoms with Gasteiger partial charge in [0.15, 0.2) is 0 Å². The standard InChI is InChI=1S/C17H21NO.C16H19NO2.C16H19NO.C15H16FNO.4ClH/c1-13-9-14(2)11-16(10-13)12-19-17-5-3-15(4-6-17)7-8-18;1-18-16-4-2-3-14(11-16)12-19-15-7-5-13(6-8-15)9-10-17;1-13-2-4-15(5-3-13)12-18-16-8-6-14(7-9-16)10-11-17;16-14-5-1-13(2-6-14)11-18-15-7-3-12(4-8-15)9-10-17;;;;/h3-6,9-11H,7-8,12,18H2,1-2H3;2-8,11H,9-10,12,17H2,1H3;2-9H,10-12,17H2,1H3;1-8H,9-11,17H2;4*1H. The predicted molar refractivity (Wildman–Crippen MR) is 330 cm³/mol. The number of halogens is 5. The van der Waals surface area contributed by atoms with Crippen molar-refractivity contribution in [2.24, 2.45) is 22.9 Å². The minimum Gasteiger partial charge on any atom is -0.497 e. The number of hydrogen-bond acceptors (Lipinski definition) is 9. The van der Waals surface area contributed by atoms with Gasteiger partial charge in [0.25, 0.3) is 0 Å². The van der Waals surface area contributed by atoms with Crippen LogP contribution in [0.15, 0.2) is 188 Å². The zero-order valence-electron chi connectivity index (χ0n) is 45.2. The maximum absolute atomic E-state index is 12.7. The van der Waals surface area contributed by atoms with Crippen molar-refractivity contribution in [3.8, 4) is 28.7 Å². The van der Waals surface area contributed by atoms with Crippen LogP contribution in [0.1, 0.15) is 61.2 Å². The van der Waals surface area contributed by atoms with Crippen molar-refractivity contribution in [2.75, 3.05) is 33.3 Å². The Morgan fingerprint density at radius 2 is 0.615 bits per heavy atom. The van der Waals surface area contributed by atoms with Gasteiger partial charge in [-0.2, -0.15) is 0 Å². The molecule has 420 valence electrons. The first-order valence-corrected chi connectivity index (χ1v) is 25.2. The highest BCUT2D eigenvalue weighted by Gasteiger charge is 2.03. The molecule has 8 aromatic rings. The number of ether oxygens (including phenoxy) is 5. The van der Waals surface area contributed by atoms with Crippen LogP contribution in [0.3, 0.4) is 0 Å². The first-order chi connectivity index (χ1) is 36.0. The molecule has 0 aliphatic rings. The molecular weight excluding hydrogens is 1070 g/mol. The Balaban J connectivity index is 0.000000511. The molecule has 0 saturated heterocycles. The van der Waals surface area contributed by atoms with E-state index in [4.69, 9.17) is 46.6 Å². The molecule has 0 heterocycles. The number of methoxy groups -OCH3 is 1. The molecule has 0 atom stereocenters. The molecule has 8 rings (SSSR count). The lowest BCUT2D eigenvalue weighted by molar-refractivity contribution is 0.305. The number of aryl methyl sites for hydroxylation is 3. The molecule has 0 unspecified atom stereocenters. The summed E-state index contributed by atoms with van der Waals surface area (Å²) in [5.74, 6) is 4.09. The second-order valence-electron chi connectivity index (χ2n) is 17.8. The fourth-order valence-corrected chi connectivity index (χ4v) is 7.52. The Morgan fingerprint density at radius 1 is 0.308 bits per heavy atom. The monoisotopic (exact) mass is 1140 g/mol. The molecule has 0 bridgehead atoms. The molecule has 0 saturated carbocycles. The highest BCUT2D eigenvalue weighted by atomic mass is 35.5. The lowest BCUT2D eigenvalue weighted by Gasteiger charge is -2.09. The molecule has 0 fully saturated rings. The molecule has 8 aromatic carbocycles. The first-order valence-electron chi connectivity index (χ1n) is 25.2. The molecule has 0 amide bonds. The van der Waals surface area contributed by atoms with Crippen LogP contribution in [0.2, 0.25) is 0 Å². The summed E-state index contributed by atoms with van der Waals surface area (Å²) in [6.07, 6.45) is 3.60. The second kappa shape index (κ2) is 40.0. The van der Waals surface area contributed by atoms with Gasteiger partial charge in [-0.05, 0) is 190 Å². The third-order valence-electron chi connectivity index (χ3n) is 11.5. The average Bonchev–Trinajstić information content (AvgIpc) is 3.42. The van der Waals surface area contributed by atoms with Crippen LogP contribution in [0.25, 0.3) is 0 Å². The second-order valence-corrected chi connectivity index (χ2v) is 17.8. The molecule has 0 aromatic heterocycles. The minimum absolute atomic E-state index is 0. The Morgan fingerprint density at radius 3 is 0.949 bits per heavy atom. The van der Waals surface area contributed by atoms with Gasteiger partial charge in [0.1, 0.15) is 61.0 Å². The van der Waals surface area contributed by atoms with Gasteiger partial charge in [-0.15, -0.1) is 49.6 Å². The van der Waals surface area contributed by atoms with Crippen LogP contribution in [0.4, 0.5) is 4.39 Å². The number of nitrogens with two attached hydrogens (primary N) is 4. The van der Waals surface area contributed by atoms with E-state index in [1.165, 1.54) is 62.2 Å². The lowest BCUT2D eigenvalue weighted by Crippen LogP contribution is -2.02. The Kier molecular flexibility index (Phi) is 35.7. The smallest absolute Gasteiger partial charge is 0.123 e. The Labute approximate surface area is 487 Å². The zero-order chi connectivity index (χ0) is 52.8. The fourth-order valence-electron chi connectivity index (χ4n) is 7.52. The molecule has 9 nitrogen and oxygen atoms in total. The molecule has 78 heavy (non-hydrogen) atoms. The van der Waals surface area contributed by atoms with Gasteiger partial charge in [-0.25, -0.2) is 4.39 Å². The topological polar surface area (TPSA) is 150 Å². The van der Waals surface area contributed by atoms with Crippen LogP contribution in [0, 0.1) is 26.6 Å². The molecule has 0 spiro atoms. The normalized spacial score (nSPS) is 9.81. The van der Waals surface area contributed by atoms with Gasteiger partial charge >= 0.3 is 0 Å². The Hall–Kier alpha value is -6.31. The fraction of sp³-hybridized carbons (Fsp3) is 0.250. The average molecular weight is 1150 g/mol. The van der Waals surface area contributed by atoms with E-state index in [0.29, 0.717) is 52.6 Å². The van der Waals surface area contributed by atoms with Gasteiger partial charge in [0.2, 0.25) is 0 Å². The summed E-state index contributed by atoms with van der Waals surface area (Å²) in [7, 11) is 1.66. The summed E-state index contributed by atoms with van der Waals surface area (Å²) in [5, 5.41) is 0. The van der Waals surface area contributed by atoms with Crippen molar-refractivity contribution in [3.05, 3.63) is 255 Å². The van der Waals surface area contributed by atoms with Gasteiger partial charge in [-0.1, -0.05) is 132 Å². The van der Waals surface area contributed by atoms with Crippen LogP contribution in [-0.2, 0) is 52.1 Å². The summed E-state index contributed by atoms with van der Waals surface area (Å²) in [6.45, 7) is 11.2. The zero-order valence-corrected chi connectivity index (χ0v) is 48.5. The van der Waals surface area contributed by atoms with E-state index in [1.807, 2.05) is 97.1 Å². The SMILES string of the molecule is COc1cccc(COc2ccc(CCN)cc2)c1.Cc1cc(C)cc(COc2ccc(CCN)cc2)c1.Cc1ccc(COc2ccc(CCN)cc2)cc1.Cl.Cl.Cl.Cl.NCCc1ccc(OCc2ccc(F)cc2)cc1. The van der Waals surface area contributed by atoms with Crippen LogP contribution in [0.5, 0.6) is 28.7 Å². The van der Waals surface area contributed by atoms with Crippen molar-refractivity contribution in [1.29, 1.82) is 0 Å². The summed E-state index contributed by atoms with van der Waals surface area (Å²) >= 11 is 0. The lowest BCUT2D eigenvalue weighted by atomic mass is 10.1. The van der Waals surface area contributed by atoms with Crippen LogP contribution < -0.4 is 46.6 Å². The minimum atomic E-state index is -0.232. The molecular formula is C64H79Cl4FN4O5. The quantitative estimate of drug-likeness (QED) is 0.0551. The van der Waals surface area contributed by atoms with E-state index in [2.05, 4.69) is 87.5 Å². The largest absolute Gasteiger partial charge is 0.497 e. The van der Waals surface area contributed by atoms with Crippen molar-refractivity contribution in [3.63, 3.8) is 0 Å². The molecule has 0 aliphatic carbocycles. The molecule has 8 N–H and O–H groups in total. The van der Waals surface area contributed by atoms with E-state index in [1.54, 1.807) is 19.2 Å². The summed E-state index contributed by atoms with van der Waals surface area (Å²) in [6, 6.07) is 61.3. The third kappa shape index (κ3) is 27.3. The van der Waals surface area contributed by atoms with E-state index in [0.717, 1.165) is 65.6 Å². The molecule has 14 heteroatoms. The molecule has 0 radical (unpaired) electrons. The van der Waals surface area contributed by atoms with Gasteiger partial charge in [0, 0.05) is 0 Å². The van der Waals surface area contributed by atoms with Gasteiger partial charge < -0.3 is 46.6 Å². The summed E-state index contributed by atoms with van der Waals surface area (Å²) in [5.41, 5.74) is 35.2. The first kappa shape index (κ1) is 69.7. The summed E-state index contributed by atoms with van der Waals surface area (Å²) < 4.78 is 40.8. The highest BCUT2D eigenvalue weighted by Crippen LogP contribution is 2.20. The van der Waals surface area contributed by atoms with E-state index in [9.17, 15) is 4.39 Å². The molecule has 0 aliphatic heterocycles. The summed E-state index contributed by atoms with van der Waals surface area (Å²) in [4.78, 5) is 0. The predicted octanol–water partition coefficient (Wildman–Crippen LogP) is 13.8. The van der Waals surface area contributed by atoms with Crippen molar-refractivity contribution < 1.29 is 28.1 Å². The maximum Gasteiger partial charge on any atom is 0.123 e. The van der Waals surface area contributed by atoms with Gasteiger partial charge in [0.05, 0.1) is 7.11 Å². The van der Waals surface area contributed by atoms with E-state index >= 15 is 0 Å².